The zero-order chi connectivity index (χ0) is 12.7. The van der Waals surface area contributed by atoms with Gasteiger partial charge in [0.2, 0.25) is 0 Å². The molecule has 0 aliphatic carbocycles. The molecule has 0 unspecified atom stereocenters. The largest absolute Gasteiger partial charge is 0.481 e. The summed E-state index contributed by atoms with van der Waals surface area (Å²) >= 11 is 0. The second kappa shape index (κ2) is 3.91. The molecule has 1 heterocycles. The summed E-state index contributed by atoms with van der Waals surface area (Å²) in [5.41, 5.74) is 5.48. The molecule has 1 aromatic heterocycles. The van der Waals surface area contributed by atoms with Gasteiger partial charge in [-0.25, -0.2) is 0 Å². The minimum atomic E-state index is -0.778. The van der Waals surface area contributed by atoms with Crippen LogP contribution in [0, 0.1) is 20.8 Å². The summed E-state index contributed by atoms with van der Waals surface area (Å²) in [6.07, 6.45) is 0.0894. The normalized spacial score (nSPS) is 11.1. The third-order valence-electron chi connectivity index (χ3n) is 3.37. The molecule has 0 aliphatic rings. The summed E-state index contributed by atoms with van der Waals surface area (Å²) in [7, 11) is 1.99. The third-order valence-corrected chi connectivity index (χ3v) is 3.37. The molecule has 90 valence electrons. The Labute approximate surface area is 101 Å². The van der Waals surface area contributed by atoms with E-state index in [9.17, 15) is 4.79 Å². The van der Waals surface area contributed by atoms with E-state index in [4.69, 9.17) is 5.11 Å². The maximum atomic E-state index is 10.9. The number of rotatable bonds is 2. The molecule has 3 nitrogen and oxygen atoms in total. The third kappa shape index (κ3) is 1.82. The van der Waals surface area contributed by atoms with Gasteiger partial charge in [-0.05, 0) is 38.0 Å². The molecule has 3 heteroatoms. The minimum absolute atomic E-state index is 0.0894. The summed E-state index contributed by atoms with van der Waals surface area (Å²) in [4.78, 5) is 10.9. The number of carbonyl (C=O) groups is 1. The first-order valence-electron chi connectivity index (χ1n) is 5.68. The molecule has 0 bridgehead atoms. The number of hydrogen-bond donors (Lipinski definition) is 1. The molecule has 0 aliphatic heterocycles. The van der Waals surface area contributed by atoms with E-state index in [-0.39, 0.29) is 6.42 Å². The summed E-state index contributed by atoms with van der Waals surface area (Å²) in [5.74, 6) is -0.778. The van der Waals surface area contributed by atoms with Crippen LogP contribution < -0.4 is 0 Å². The highest BCUT2D eigenvalue weighted by atomic mass is 16.4. The van der Waals surface area contributed by atoms with Crippen molar-refractivity contribution in [2.75, 3.05) is 0 Å². The quantitative estimate of drug-likeness (QED) is 0.863. The lowest BCUT2D eigenvalue weighted by Gasteiger charge is -2.03. The van der Waals surface area contributed by atoms with E-state index < -0.39 is 5.97 Å². The Kier molecular flexibility index (Phi) is 2.69. The summed E-state index contributed by atoms with van der Waals surface area (Å²) < 4.78 is 2.09. The Balaban J connectivity index is 2.83. The average molecular weight is 231 g/mol. The van der Waals surface area contributed by atoms with Crippen molar-refractivity contribution in [2.45, 2.75) is 27.2 Å². The lowest BCUT2D eigenvalue weighted by Crippen LogP contribution is -2.01. The topological polar surface area (TPSA) is 42.2 Å². The number of benzene rings is 1. The maximum Gasteiger partial charge on any atom is 0.307 e. The highest BCUT2D eigenvalue weighted by Gasteiger charge is 2.16. The average Bonchev–Trinajstić information content (AvgIpc) is 2.42. The van der Waals surface area contributed by atoms with E-state index in [0.29, 0.717) is 0 Å². The van der Waals surface area contributed by atoms with Gasteiger partial charge in [0.15, 0.2) is 0 Å². The van der Waals surface area contributed by atoms with Crippen LogP contribution in [0.1, 0.15) is 22.4 Å². The van der Waals surface area contributed by atoms with E-state index in [1.54, 1.807) is 0 Å². The zero-order valence-corrected chi connectivity index (χ0v) is 10.7. The summed E-state index contributed by atoms with van der Waals surface area (Å²) in [6, 6.07) is 4.21. The van der Waals surface area contributed by atoms with Crippen molar-refractivity contribution in [3.05, 3.63) is 34.5 Å². The van der Waals surface area contributed by atoms with Crippen LogP contribution in [0.3, 0.4) is 0 Å². The van der Waals surface area contributed by atoms with Crippen molar-refractivity contribution in [3.8, 4) is 0 Å². The predicted molar refractivity (Wildman–Crippen MR) is 68.5 cm³/mol. The summed E-state index contributed by atoms with van der Waals surface area (Å²) in [6.45, 7) is 6.09. The van der Waals surface area contributed by atoms with Crippen LogP contribution in [-0.4, -0.2) is 15.6 Å². The molecule has 0 saturated carbocycles. The molecule has 17 heavy (non-hydrogen) atoms. The van der Waals surface area contributed by atoms with Crippen LogP contribution in [0.15, 0.2) is 12.1 Å². The second-order valence-corrected chi connectivity index (χ2v) is 4.67. The highest BCUT2D eigenvalue weighted by Crippen LogP contribution is 2.29. The first-order valence-corrected chi connectivity index (χ1v) is 5.68. The standard InChI is InChI=1S/C14H17NO2/c1-8-5-9(2)14-12(6-8)11(7-13(16)17)10(3)15(14)4/h5-6H,7H2,1-4H3,(H,16,17). The Morgan fingerprint density at radius 1 is 1.29 bits per heavy atom. The van der Waals surface area contributed by atoms with Crippen LogP contribution in [0.2, 0.25) is 0 Å². The molecule has 0 amide bonds. The number of carboxylic acid groups (broad SMARTS) is 1. The van der Waals surface area contributed by atoms with Crippen molar-refractivity contribution >= 4 is 16.9 Å². The Morgan fingerprint density at radius 2 is 1.94 bits per heavy atom. The van der Waals surface area contributed by atoms with Gasteiger partial charge in [-0.3, -0.25) is 4.79 Å². The Bertz CT molecular complexity index is 608. The zero-order valence-electron chi connectivity index (χ0n) is 10.7. The van der Waals surface area contributed by atoms with Gasteiger partial charge in [-0.1, -0.05) is 11.6 Å². The SMILES string of the molecule is Cc1cc(C)c2c(c1)c(CC(=O)O)c(C)n2C. The van der Waals surface area contributed by atoms with Crippen molar-refractivity contribution < 1.29 is 9.90 Å². The molecular formula is C14H17NO2. The first-order chi connectivity index (χ1) is 7.91. The van der Waals surface area contributed by atoms with Gasteiger partial charge in [0.1, 0.15) is 0 Å². The van der Waals surface area contributed by atoms with E-state index in [1.807, 2.05) is 20.9 Å². The second-order valence-electron chi connectivity index (χ2n) is 4.67. The fourth-order valence-electron chi connectivity index (χ4n) is 2.57. The van der Waals surface area contributed by atoms with Crippen molar-refractivity contribution in [3.63, 3.8) is 0 Å². The molecule has 1 aromatic carbocycles. The minimum Gasteiger partial charge on any atom is -0.481 e. The number of fused-ring (bicyclic) bond motifs is 1. The van der Waals surface area contributed by atoms with Gasteiger partial charge in [0.25, 0.3) is 0 Å². The van der Waals surface area contributed by atoms with E-state index in [1.165, 1.54) is 11.1 Å². The smallest absolute Gasteiger partial charge is 0.307 e. The van der Waals surface area contributed by atoms with Gasteiger partial charge in [-0.15, -0.1) is 0 Å². The van der Waals surface area contributed by atoms with Crippen LogP contribution in [0.4, 0.5) is 0 Å². The number of aryl methyl sites for hydroxylation is 3. The van der Waals surface area contributed by atoms with Crippen molar-refractivity contribution in [1.82, 2.24) is 4.57 Å². The number of carboxylic acids is 1. The lowest BCUT2D eigenvalue weighted by molar-refractivity contribution is -0.136. The number of aromatic nitrogens is 1. The molecule has 0 radical (unpaired) electrons. The maximum absolute atomic E-state index is 10.9. The molecule has 0 spiro atoms. The number of nitrogens with zero attached hydrogens (tertiary/aromatic N) is 1. The van der Waals surface area contributed by atoms with Gasteiger partial charge in [-0.2, -0.15) is 0 Å². The fraction of sp³-hybridized carbons (Fsp3) is 0.357. The summed E-state index contributed by atoms with van der Waals surface area (Å²) in [5, 5.41) is 10.1. The molecular weight excluding hydrogens is 214 g/mol. The molecule has 1 N–H and O–H groups in total. The van der Waals surface area contributed by atoms with Crippen molar-refractivity contribution in [2.24, 2.45) is 7.05 Å². The molecule has 0 fully saturated rings. The lowest BCUT2D eigenvalue weighted by atomic mass is 10.0. The molecule has 0 saturated heterocycles. The monoisotopic (exact) mass is 231 g/mol. The molecule has 2 aromatic rings. The van der Waals surface area contributed by atoms with Gasteiger partial charge < -0.3 is 9.67 Å². The van der Waals surface area contributed by atoms with Gasteiger partial charge >= 0.3 is 5.97 Å². The van der Waals surface area contributed by atoms with Crippen molar-refractivity contribution in [1.29, 1.82) is 0 Å². The van der Waals surface area contributed by atoms with Crippen LogP contribution >= 0.6 is 0 Å². The van der Waals surface area contributed by atoms with Gasteiger partial charge in [0.05, 0.1) is 11.9 Å². The van der Waals surface area contributed by atoms with E-state index in [2.05, 4.69) is 23.6 Å². The number of aliphatic carboxylic acids is 1. The van der Waals surface area contributed by atoms with Crippen LogP contribution in [0.5, 0.6) is 0 Å². The Hall–Kier alpha value is -1.77. The molecule has 0 atom stereocenters. The van der Waals surface area contributed by atoms with Crippen LogP contribution in [0.25, 0.3) is 10.9 Å². The van der Waals surface area contributed by atoms with Gasteiger partial charge in [0, 0.05) is 18.1 Å². The highest BCUT2D eigenvalue weighted by molar-refractivity contribution is 5.91. The Morgan fingerprint density at radius 3 is 2.53 bits per heavy atom. The van der Waals surface area contributed by atoms with Crippen LogP contribution in [-0.2, 0) is 18.3 Å². The predicted octanol–water partition coefficient (Wildman–Crippen LogP) is 2.73. The fourth-order valence-corrected chi connectivity index (χ4v) is 2.57. The van der Waals surface area contributed by atoms with E-state index in [0.717, 1.165) is 22.2 Å². The first kappa shape index (κ1) is 11.7. The molecule has 2 rings (SSSR count). The number of hydrogen-bond acceptors (Lipinski definition) is 1. The van der Waals surface area contributed by atoms with E-state index >= 15 is 0 Å².